The molecular formula is C23H21ClN2O4. The average Bonchev–Trinajstić information content (AvgIpc) is 2.99. The van der Waals surface area contributed by atoms with Gasteiger partial charge in [0.25, 0.3) is 0 Å². The lowest BCUT2D eigenvalue weighted by atomic mass is 10.1. The molecule has 0 aliphatic carbocycles. The molecule has 3 aromatic rings. The molecule has 1 aromatic heterocycles. The van der Waals surface area contributed by atoms with Crippen LogP contribution in [0.15, 0.2) is 60.9 Å². The number of amides is 1. The van der Waals surface area contributed by atoms with Crippen molar-refractivity contribution in [3.8, 4) is 17.2 Å². The van der Waals surface area contributed by atoms with E-state index in [4.69, 9.17) is 25.8 Å². The van der Waals surface area contributed by atoms with E-state index in [1.54, 1.807) is 30.6 Å². The van der Waals surface area contributed by atoms with E-state index in [2.05, 4.69) is 10.3 Å². The van der Waals surface area contributed by atoms with Crippen LogP contribution in [0, 0.1) is 0 Å². The molecular weight excluding hydrogens is 404 g/mol. The van der Waals surface area contributed by atoms with Crippen LogP contribution in [-0.2, 0) is 17.8 Å². The highest BCUT2D eigenvalue weighted by atomic mass is 35.5. The molecule has 1 N–H and O–H groups in total. The summed E-state index contributed by atoms with van der Waals surface area (Å²) in [5.74, 6) is 1.62. The molecule has 0 fully saturated rings. The van der Waals surface area contributed by atoms with Crippen molar-refractivity contribution in [1.29, 1.82) is 0 Å². The molecule has 0 radical (unpaired) electrons. The molecule has 0 bridgehead atoms. The molecule has 0 saturated heterocycles. The zero-order valence-corrected chi connectivity index (χ0v) is 17.0. The van der Waals surface area contributed by atoms with Crippen LogP contribution in [0.25, 0.3) is 0 Å². The molecule has 1 aliphatic rings. The van der Waals surface area contributed by atoms with E-state index < -0.39 is 0 Å². The van der Waals surface area contributed by atoms with Crippen LogP contribution in [0.3, 0.4) is 0 Å². The van der Waals surface area contributed by atoms with Crippen molar-refractivity contribution in [3.05, 3.63) is 77.1 Å². The number of carbonyl (C=O) groups is 1. The summed E-state index contributed by atoms with van der Waals surface area (Å²) < 4.78 is 17.1. The fourth-order valence-electron chi connectivity index (χ4n) is 3.09. The SMILES string of the molecule is O=C(Cc1cc(Cl)c2c(c1)OCCCO2)Nc1cccc(OCc2cccnc2)c1. The molecule has 1 amide bonds. The standard InChI is InChI=1S/C23H21ClN2O4/c24-20-10-17(11-21-23(20)29-9-3-8-28-21)12-22(27)26-18-5-1-6-19(13-18)30-15-16-4-2-7-25-14-16/h1-2,4-7,10-11,13-14H,3,8-9,12,15H2,(H,26,27). The fraction of sp³-hybridized carbons (Fsp3) is 0.217. The number of hydrogen-bond acceptors (Lipinski definition) is 5. The predicted octanol–water partition coefficient (Wildman–Crippen LogP) is 4.66. The van der Waals surface area contributed by atoms with E-state index in [0.717, 1.165) is 17.5 Å². The maximum absolute atomic E-state index is 12.5. The molecule has 2 heterocycles. The van der Waals surface area contributed by atoms with Crippen molar-refractivity contribution in [1.82, 2.24) is 4.98 Å². The fourth-order valence-corrected chi connectivity index (χ4v) is 3.38. The first-order valence-corrected chi connectivity index (χ1v) is 10.0. The van der Waals surface area contributed by atoms with Crippen molar-refractivity contribution in [2.24, 2.45) is 0 Å². The molecule has 0 spiro atoms. The van der Waals surface area contributed by atoms with Gasteiger partial charge in [-0.25, -0.2) is 0 Å². The second-order valence-electron chi connectivity index (χ2n) is 6.86. The number of nitrogens with one attached hydrogen (secondary N) is 1. The summed E-state index contributed by atoms with van der Waals surface area (Å²) in [6, 6.07) is 14.6. The normalized spacial score (nSPS) is 12.7. The number of anilines is 1. The Balaban J connectivity index is 1.38. The number of nitrogens with zero attached hydrogens (tertiary/aromatic N) is 1. The van der Waals surface area contributed by atoms with Crippen molar-refractivity contribution >= 4 is 23.2 Å². The van der Waals surface area contributed by atoms with E-state index in [0.29, 0.717) is 47.8 Å². The van der Waals surface area contributed by atoms with Crippen molar-refractivity contribution in [3.63, 3.8) is 0 Å². The third kappa shape index (κ3) is 5.21. The van der Waals surface area contributed by atoms with E-state index in [1.807, 2.05) is 30.3 Å². The van der Waals surface area contributed by atoms with Gasteiger partial charge in [0.1, 0.15) is 12.4 Å². The highest BCUT2D eigenvalue weighted by Gasteiger charge is 2.17. The average molecular weight is 425 g/mol. The Labute approximate surface area is 179 Å². The second kappa shape index (κ2) is 9.50. The summed E-state index contributed by atoms with van der Waals surface area (Å²) in [5.41, 5.74) is 2.38. The van der Waals surface area contributed by atoms with Gasteiger partial charge in [-0.1, -0.05) is 23.7 Å². The van der Waals surface area contributed by atoms with E-state index >= 15 is 0 Å². The maximum atomic E-state index is 12.5. The lowest BCUT2D eigenvalue weighted by Crippen LogP contribution is -2.14. The summed E-state index contributed by atoms with van der Waals surface area (Å²) in [4.78, 5) is 16.6. The van der Waals surface area contributed by atoms with E-state index in [-0.39, 0.29) is 12.3 Å². The highest BCUT2D eigenvalue weighted by Crippen LogP contribution is 2.38. The van der Waals surface area contributed by atoms with Crippen LogP contribution in [0.4, 0.5) is 5.69 Å². The third-order valence-corrected chi connectivity index (χ3v) is 4.75. The molecule has 30 heavy (non-hydrogen) atoms. The number of rotatable bonds is 6. The molecule has 4 rings (SSSR count). The number of aromatic nitrogens is 1. The lowest BCUT2D eigenvalue weighted by molar-refractivity contribution is -0.115. The number of pyridine rings is 1. The molecule has 154 valence electrons. The van der Waals surface area contributed by atoms with E-state index in [9.17, 15) is 4.79 Å². The van der Waals surface area contributed by atoms with Gasteiger partial charge in [-0.2, -0.15) is 0 Å². The van der Waals surface area contributed by atoms with Gasteiger partial charge in [-0.15, -0.1) is 0 Å². The minimum atomic E-state index is -0.162. The zero-order valence-electron chi connectivity index (χ0n) is 16.3. The van der Waals surface area contributed by atoms with Crippen LogP contribution in [0.1, 0.15) is 17.5 Å². The van der Waals surface area contributed by atoms with Crippen LogP contribution >= 0.6 is 11.6 Å². The monoisotopic (exact) mass is 424 g/mol. The van der Waals surface area contributed by atoms with E-state index in [1.165, 1.54) is 0 Å². The summed E-state index contributed by atoms with van der Waals surface area (Å²) in [6.07, 6.45) is 4.43. The lowest BCUT2D eigenvalue weighted by Gasteiger charge is -2.12. The van der Waals surface area contributed by atoms with Gasteiger partial charge in [-0.3, -0.25) is 9.78 Å². The topological polar surface area (TPSA) is 69.7 Å². The minimum Gasteiger partial charge on any atom is -0.489 e. The molecule has 0 unspecified atom stereocenters. The van der Waals surface area contributed by atoms with Gasteiger partial charge >= 0.3 is 0 Å². The van der Waals surface area contributed by atoms with Gasteiger partial charge < -0.3 is 19.5 Å². The van der Waals surface area contributed by atoms with Crippen molar-refractivity contribution < 1.29 is 19.0 Å². The number of hydrogen-bond donors (Lipinski definition) is 1. The maximum Gasteiger partial charge on any atom is 0.228 e. The van der Waals surface area contributed by atoms with Crippen LogP contribution in [0.2, 0.25) is 5.02 Å². The second-order valence-corrected chi connectivity index (χ2v) is 7.27. The largest absolute Gasteiger partial charge is 0.489 e. The Morgan fingerprint density at radius 1 is 1.10 bits per heavy atom. The number of ether oxygens (including phenoxy) is 3. The minimum absolute atomic E-state index is 0.162. The molecule has 0 atom stereocenters. The summed E-state index contributed by atoms with van der Waals surface area (Å²) in [7, 11) is 0. The zero-order chi connectivity index (χ0) is 20.8. The first-order valence-electron chi connectivity index (χ1n) is 9.67. The Morgan fingerprint density at radius 2 is 2.00 bits per heavy atom. The van der Waals surface area contributed by atoms with Crippen LogP contribution < -0.4 is 19.5 Å². The Morgan fingerprint density at radius 3 is 2.87 bits per heavy atom. The number of fused-ring (bicyclic) bond motifs is 1. The molecule has 2 aromatic carbocycles. The summed E-state index contributed by atoms with van der Waals surface area (Å²) in [6.45, 7) is 1.53. The molecule has 1 aliphatic heterocycles. The van der Waals surface area contributed by atoms with Crippen molar-refractivity contribution in [2.45, 2.75) is 19.4 Å². The van der Waals surface area contributed by atoms with Crippen LogP contribution in [-0.4, -0.2) is 24.1 Å². The van der Waals surface area contributed by atoms with Crippen molar-refractivity contribution in [2.75, 3.05) is 18.5 Å². The quantitative estimate of drug-likeness (QED) is 0.623. The number of benzene rings is 2. The highest BCUT2D eigenvalue weighted by molar-refractivity contribution is 6.32. The smallest absolute Gasteiger partial charge is 0.228 e. The Bertz CT molecular complexity index is 1030. The van der Waals surface area contributed by atoms with Gasteiger partial charge in [0, 0.05) is 36.1 Å². The predicted molar refractivity (Wildman–Crippen MR) is 114 cm³/mol. The summed E-state index contributed by atoms with van der Waals surface area (Å²) >= 11 is 6.31. The molecule has 0 saturated carbocycles. The molecule has 7 heteroatoms. The van der Waals surface area contributed by atoms with Gasteiger partial charge in [0.05, 0.1) is 24.7 Å². The van der Waals surface area contributed by atoms with Crippen LogP contribution in [0.5, 0.6) is 17.2 Å². The number of halogens is 1. The first kappa shape index (κ1) is 20.0. The Kier molecular flexibility index (Phi) is 6.35. The third-order valence-electron chi connectivity index (χ3n) is 4.47. The van der Waals surface area contributed by atoms with Gasteiger partial charge in [-0.05, 0) is 35.9 Å². The molecule has 6 nitrogen and oxygen atoms in total. The van der Waals surface area contributed by atoms with Gasteiger partial charge in [0.15, 0.2) is 11.5 Å². The Hall–Kier alpha value is -3.25. The summed E-state index contributed by atoms with van der Waals surface area (Å²) in [5, 5.41) is 3.34. The first-order chi connectivity index (χ1) is 14.7. The van der Waals surface area contributed by atoms with Gasteiger partial charge in [0.2, 0.25) is 5.91 Å². The number of carbonyl (C=O) groups excluding carboxylic acids is 1.